The van der Waals surface area contributed by atoms with Crippen molar-refractivity contribution in [3.8, 4) is 5.75 Å². The molecule has 0 aliphatic carbocycles. The fourth-order valence-corrected chi connectivity index (χ4v) is 2.96. The summed E-state index contributed by atoms with van der Waals surface area (Å²) in [7, 11) is -4.18. The minimum Gasteiger partial charge on any atom is -0.478 e. The van der Waals surface area contributed by atoms with Gasteiger partial charge in [-0.05, 0) is 35.9 Å². The van der Waals surface area contributed by atoms with Crippen molar-refractivity contribution in [1.29, 1.82) is 0 Å². The molecule has 2 N–H and O–H groups in total. The highest BCUT2D eigenvalue weighted by Crippen LogP contribution is 2.31. The maximum atomic E-state index is 12.4. The van der Waals surface area contributed by atoms with Gasteiger partial charge in [-0.2, -0.15) is 0 Å². The van der Waals surface area contributed by atoms with Gasteiger partial charge < -0.3 is 9.84 Å². The first-order valence-electron chi connectivity index (χ1n) is 6.95. The third-order valence-electron chi connectivity index (χ3n) is 2.97. The molecule has 0 saturated carbocycles. The molecule has 0 saturated heterocycles. The Morgan fingerprint density at radius 2 is 1.69 bits per heavy atom. The first-order valence-corrected chi connectivity index (χ1v) is 8.44. The average molecular weight is 387 g/mol. The van der Waals surface area contributed by atoms with Crippen LogP contribution < -0.4 is 9.46 Å². The Balaban J connectivity index is 2.25. The molecular weight excluding hydrogens is 375 g/mol. The lowest BCUT2D eigenvalue weighted by Crippen LogP contribution is -2.19. The van der Waals surface area contributed by atoms with E-state index in [1.54, 1.807) is 0 Å². The summed E-state index contributed by atoms with van der Waals surface area (Å²) >= 11 is 0. The summed E-state index contributed by atoms with van der Waals surface area (Å²) in [5, 5.41) is 8.54. The number of rotatable bonds is 6. The van der Waals surface area contributed by atoms with E-state index in [9.17, 15) is 26.4 Å². The summed E-state index contributed by atoms with van der Waals surface area (Å²) in [6.07, 6.45) is -2.83. The van der Waals surface area contributed by atoms with E-state index in [1.807, 2.05) is 4.72 Å². The summed E-state index contributed by atoms with van der Waals surface area (Å²) in [6, 6.07) is 9.81. The van der Waals surface area contributed by atoms with Gasteiger partial charge >= 0.3 is 12.3 Å². The Hall–Kier alpha value is -3.01. The number of alkyl halides is 3. The molecule has 0 amide bonds. The molecule has 0 aliphatic rings. The molecule has 0 aromatic heterocycles. The summed E-state index contributed by atoms with van der Waals surface area (Å²) in [6.45, 7) is 0. The number of halogens is 3. The lowest BCUT2D eigenvalue weighted by atomic mass is 10.2. The highest BCUT2D eigenvalue weighted by Gasteiger charge is 2.32. The van der Waals surface area contributed by atoms with E-state index in [-0.39, 0.29) is 10.6 Å². The van der Waals surface area contributed by atoms with Crippen molar-refractivity contribution >= 4 is 27.8 Å². The second-order valence-electron chi connectivity index (χ2n) is 4.89. The van der Waals surface area contributed by atoms with Crippen molar-refractivity contribution in [3.63, 3.8) is 0 Å². The van der Waals surface area contributed by atoms with Gasteiger partial charge in [0.15, 0.2) is 5.75 Å². The summed E-state index contributed by atoms with van der Waals surface area (Å²) in [4.78, 5) is 10.2. The van der Waals surface area contributed by atoms with E-state index in [0.717, 1.165) is 18.2 Å². The number of carboxylic acids is 1. The van der Waals surface area contributed by atoms with Crippen LogP contribution in [-0.2, 0) is 14.8 Å². The number of anilines is 1. The first-order chi connectivity index (χ1) is 12.1. The van der Waals surface area contributed by atoms with Crippen LogP contribution in [-0.4, -0.2) is 25.9 Å². The van der Waals surface area contributed by atoms with Crippen LogP contribution in [0.25, 0.3) is 6.08 Å². The van der Waals surface area contributed by atoms with Crippen molar-refractivity contribution in [2.75, 3.05) is 4.72 Å². The smallest absolute Gasteiger partial charge is 0.478 e. The van der Waals surface area contributed by atoms with Crippen molar-refractivity contribution in [3.05, 3.63) is 60.2 Å². The number of nitrogens with one attached hydrogen (secondary N) is 1. The van der Waals surface area contributed by atoms with Crippen molar-refractivity contribution < 1.29 is 36.2 Å². The molecule has 0 aliphatic heterocycles. The highest BCUT2D eigenvalue weighted by atomic mass is 32.2. The zero-order valence-corrected chi connectivity index (χ0v) is 13.7. The fraction of sp³-hybridized carbons (Fsp3) is 0.0625. The van der Waals surface area contributed by atoms with Crippen molar-refractivity contribution in [1.82, 2.24) is 0 Å². The minimum absolute atomic E-state index is 0.216. The van der Waals surface area contributed by atoms with Gasteiger partial charge in [0.2, 0.25) is 0 Å². The first kappa shape index (κ1) is 19.3. The lowest BCUT2D eigenvalue weighted by Gasteiger charge is -2.14. The topological polar surface area (TPSA) is 92.7 Å². The fourth-order valence-electron chi connectivity index (χ4n) is 1.89. The Morgan fingerprint density at radius 1 is 1.08 bits per heavy atom. The van der Waals surface area contributed by atoms with Gasteiger partial charge in [0, 0.05) is 6.08 Å². The van der Waals surface area contributed by atoms with Gasteiger partial charge in [-0.15, -0.1) is 13.2 Å². The molecule has 6 nitrogen and oxygen atoms in total. The van der Waals surface area contributed by atoms with Crippen LogP contribution in [0.3, 0.4) is 0 Å². The molecule has 2 rings (SSSR count). The Morgan fingerprint density at radius 3 is 2.27 bits per heavy atom. The predicted molar refractivity (Wildman–Crippen MR) is 87.0 cm³/mol. The Kier molecular flexibility index (Phi) is 5.56. The van der Waals surface area contributed by atoms with Gasteiger partial charge in [-0.3, -0.25) is 4.72 Å². The maximum absolute atomic E-state index is 12.4. The monoisotopic (exact) mass is 387 g/mol. The maximum Gasteiger partial charge on any atom is 0.573 e. The number of benzene rings is 2. The second kappa shape index (κ2) is 7.48. The second-order valence-corrected chi connectivity index (χ2v) is 6.57. The number of carboxylic acid groups (broad SMARTS) is 1. The number of carbonyl (C=O) groups is 1. The summed E-state index contributed by atoms with van der Waals surface area (Å²) < 4.78 is 67.7. The van der Waals surface area contributed by atoms with E-state index in [4.69, 9.17) is 5.11 Å². The molecular formula is C16H12F3NO5S. The van der Waals surface area contributed by atoms with Crippen LogP contribution in [0.2, 0.25) is 0 Å². The van der Waals surface area contributed by atoms with Crippen LogP contribution in [0.4, 0.5) is 18.9 Å². The molecule has 2 aromatic rings. The van der Waals surface area contributed by atoms with Crippen LogP contribution in [0.15, 0.2) is 59.5 Å². The average Bonchev–Trinajstić information content (AvgIpc) is 2.53. The number of hydrogen-bond donors (Lipinski definition) is 2. The standard InChI is InChI=1S/C16H12F3NO5S/c17-16(18,19)25-14-4-2-1-3-13(14)20-26(23,24)12-8-5-11(6-9-12)7-10-15(21)22/h1-10,20H,(H,21,22)/b10-7+. The third-order valence-corrected chi connectivity index (χ3v) is 4.35. The third kappa shape index (κ3) is 5.52. The van der Waals surface area contributed by atoms with Crippen LogP contribution in [0.1, 0.15) is 5.56 Å². The SMILES string of the molecule is O=C(O)/C=C/c1ccc(S(=O)(=O)Nc2ccccc2OC(F)(F)F)cc1. The Labute approximate surface area is 146 Å². The van der Waals surface area contributed by atoms with E-state index in [1.165, 1.54) is 42.5 Å². The number of aliphatic carboxylic acids is 1. The molecule has 0 heterocycles. The van der Waals surface area contributed by atoms with Gasteiger partial charge in [-0.25, -0.2) is 13.2 Å². The summed E-state index contributed by atoms with van der Waals surface area (Å²) in [5.41, 5.74) is 0.0619. The quantitative estimate of drug-likeness (QED) is 0.741. The number of hydrogen-bond acceptors (Lipinski definition) is 4. The van der Waals surface area contributed by atoms with Crippen molar-refractivity contribution in [2.45, 2.75) is 11.3 Å². The highest BCUT2D eigenvalue weighted by molar-refractivity contribution is 7.92. The molecule has 138 valence electrons. The number of sulfonamides is 1. The largest absolute Gasteiger partial charge is 0.573 e. The molecule has 2 aromatic carbocycles. The van der Waals surface area contributed by atoms with Crippen LogP contribution in [0, 0.1) is 0 Å². The van der Waals surface area contributed by atoms with E-state index < -0.39 is 28.1 Å². The molecule has 0 unspecified atom stereocenters. The van der Waals surface area contributed by atoms with Gasteiger partial charge in [0.25, 0.3) is 10.0 Å². The summed E-state index contributed by atoms with van der Waals surface area (Å²) in [5.74, 6) is -1.85. The van der Waals surface area contributed by atoms with Crippen LogP contribution in [0.5, 0.6) is 5.75 Å². The molecule has 0 spiro atoms. The molecule has 26 heavy (non-hydrogen) atoms. The minimum atomic E-state index is -4.97. The van der Waals surface area contributed by atoms with Crippen molar-refractivity contribution in [2.24, 2.45) is 0 Å². The van der Waals surface area contributed by atoms with E-state index >= 15 is 0 Å². The number of ether oxygens (including phenoxy) is 1. The Bertz CT molecular complexity index is 922. The molecule has 0 fully saturated rings. The van der Waals surface area contributed by atoms with Gasteiger partial charge in [-0.1, -0.05) is 24.3 Å². The van der Waals surface area contributed by atoms with Gasteiger partial charge in [0.1, 0.15) is 0 Å². The molecule has 10 heteroatoms. The molecule has 0 radical (unpaired) electrons. The van der Waals surface area contributed by atoms with E-state index in [0.29, 0.717) is 5.56 Å². The van der Waals surface area contributed by atoms with Gasteiger partial charge in [0.05, 0.1) is 10.6 Å². The molecule has 0 bridgehead atoms. The zero-order valence-electron chi connectivity index (χ0n) is 12.9. The van der Waals surface area contributed by atoms with E-state index in [2.05, 4.69) is 4.74 Å². The van der Waals surface area contributed by atoms with Crippen LogP contribution >= 0.6 is 0 Å². The number of para-hydroxylation sites is 2. The lowest BCUT2D eigenvalue weighted by molar-refractivity contribution is -0.274. The molecule has 0 atom stereocenters. The zero-order chi connectivity index (χ0) is 19.4. The normalized spacial score (nSPS) is 12.1. The predicted octanol–water partition coefficient (Wildman–Crippen LogP) is 3.48.